The van der Waals surface area contributed by atoms with Gasteiger partial charge in [-0.25, -0.2) is 0 Å². The van der Waals surface area contributed by atoms with Crippen molar-refractivity contribution in [2.24, 2.45) is 5.73 Å². The Kier molecular flexibility index (Phi) is 3.14. The fraction of sp³-hybridized carbons (Fsp3) is 0.316. The second-order valence-electron chi connectivity index (χ2n) is 6.26. The van der Waals surface area contributed by atoms with Crippen molar-refractivity contribution in [1.29, 1.82) is 0 Å². The molecule has 0 fully saturated rings. The summed E-state index contributed by atoms with van der Waals surface area (Å²) in [6, 6.07) is 15.2. The maximum absolute atomic E-state index is 11.4. The first-order valence-corrected chi connectivity index (χ1v) is 8.01. The number of anilines is 1. The molecule has 1 aliphatic heterocycles. The van der Waals surface area contributed by atoms with Gasteiger partial charge in [0, 0.05) is 17.8 Å². The Morgan fingerprint density at radius 3 is 2.82 bits per heavy atom. The number of primary amides is 1. The number of hydrogen-bond donors (Lipinski definition) is 1. The predicted molar refractivity (Wildman–Crippen MR) is 88.1 cm³/mol. The van der Waals surface area contributed by atoms with Gasteiger partial charge in [-0.1, -0.05) is 24.3 Å². The largest absolute Gasteiger partial charge is 0.366 e. The van der Waals surface area contributed by atoms with Gasteiger partial charge in [-0.15, -0.1) is 0 Å². The number of hydrogen-bond acceptors (Lipinski definition) is 2. The SMILES string of the molecule is NC(=O)c1ccc2c(c1)CCN2C1CCCc2ccccc21. The standard InChI is InChI=1S/C19H20N2O/c20-19(22)15-8-9-17-14(12-15)10-11-21(17)18-7-3-5-13-4-1-2-6-16(13)18/h1-2,4,6,8-9,12,18H,3,5,7,10-11H2,(H2,20,22). The summed E-state index contributed by atoms with van der Waals surface area (Å²) in [5, 5.41) is 0. The van der Waals surface area contributed by atoms with Crippen molar-refractivity contribution in [2.75, 3.05) is 11.4 Å². The minimum atomic E-state index is -0.343. The van der Waals surface area contributed by atoms with Gasteiger partial charge in [0.2, 0.25) is 5.91 Å². The molecule has 2 N–H and O–H groups in total. The Morgan fingerprint density at radius 1 is 1.09 bits per heavy atom. The zero-order valence-electron chi connectivity index (χ0n) is 12.6. The molecule has 0 radical (unpaired) electrons. The molecule has 22 heavy (non-hydrogen) atoms. The summed E-state index contributed by atoms with van der Waals surface area (Å²) in [7, 11) is 0. The van der Waals surface area contributed by atoms with Crippen LogP contribution in [0.3, 0.4) is 0 Å². The molecule has 3 heteroatoms. The van der Waals surface area contributed by atoms with Gasteiger partial charge in [0.25, 0.3) is 0 Å². The van der Waals surface area contributed by atoms with E-state index in [0.717, 1.165) is 13.0 Å². The molecular formula is C19H20N2O. The average molecular weight is 292 g/mol. The third-order valence-electron chi connectivity index (χ3n) is 5.01. The number of nitrogens with two attached hydrogens (primary N) is 1. The Balaban J connectivity index is 1.72. The van der Waals surface area contributed by atoms with Crippen LogP contribution in [0.25, 0.3) is 0 Å². The second-order valence-corrected chi connectivity index (χ2v) is 6.26. The Bertz CT molecular complexity index is 738. The molecule has 0 saturated heterocycles. The minimum absolute atomic E-state index is 0.343. The van der Waals surface area contributed by atoms with Crippen LogP contribution in [-0.4, -0.2) is 12.5 Å². The summed E-state index contributed by atoms with van der Waals surface area (Å²) in [4.78, 5) is 13.9. The number of aryl methyl sites for hydroxylation is 1. The van der Waals surface area contributed by atoms with Gasteiger partial charge in [0.05, 0.1) is 6.04 Å². The summed E-state index contributed by atoms with van der Waals surface area (Å²) in [6.45, 7) is 1.02. The molecule has 4 rings (SSSR count). The molecule has 1 aliphatic carbocycles. The molecule has 0 saturated carbocycles. The second kappa shape index (κ2) is 5.16. The molecular weight excluding hydrogens is 272 g/mol. The fourth-order valence-electron chi connectivity index (χ4n) is 3.96. The number of fused-ring (bicyclic) bond motifs is 2. The lowest BCUT2D eigenvalue weighted by molar-refractivity contribution is 0.1000. The maximum atomic E-state index is 11.4. The predicted octanol–water partition coefficient (Wildman–Crippen LogP) is 3.23. The Hall–Kier alpha value is -2.29. The van der Waals surface area contributed by atoms with Crippen LogP contribution < -0.4 is 10.6 Å². The van der Waals surface area contributed by atoms with E-state index in [1.807, 2.05) is 12.1 Å². The molecule has 2 aromatic rings. The first-order valence-electron chi connectivity index (χ1n) is 8.01. The van der Waals surface area contributed by atoms with Gasteiger partial charge in [-0.05, 0) is 60.6 Å². The van der Waals surface area contributed by atoms with Crippen molar-refractivity contribution in [1.82, 2.24) is 0 Å². The van der Waals surface area contributed by atoms with E-state index in [9.17, 15) is 4.79 Å². The van der Waals surface area contributed by atoms with E-state index >= 15 is 0 Å². The van der Waals surface area contributed by atoms with Crippen LogP contribution in [0.2, 0.25) is 0 Å². The maximum Gasteiger partial charge on any atom is 0.248 e. The summed E-state index contributed by atoms with van der Waals surface area (Å²) in [6.07, 6.45) is 4.63. The van der Waals surface area contributed by atoms with Gasteiger partial charge < -0.3 is 10.6 Å². The van der Waals surface area contributed by atoms with Crippen LogP contribution in [0.15, 0.2) is 42.5 Å². The summed E-state index contributed by atoms with van der Waals surface area (Å²) < 4.78 is 0. The molecule has 1 amide bonds. The lowest BCUT2D eigenvalue weighted by Crippen LogP contribution is -2.29. The van der Waals surface area contributed by atoms with Crippen molar-refractivity contribution >= 4 is 11.6 Å². The van der Waals surface area contributed by atoms with Crippen molar-refractivity contribution in [3.05, 3.63) is 64.7 Å². The van der Waals surface area contributed by atoms with Crippen LogP contribution in [0.5, 0.6) is 0 Å². The summed E-state index contributed by atoms with van der Waals surface area (Å²) >= 11 is 0. The highest BCUT2D eigenvalue weighted by molar-refractivity contribution is 5.93. The van der Waals surface area contributed by atoms with E-state index in [0.29, 0.717) is 11.6 Å². The van der Waals surface area contributed by atoms with E-state index < -0.39 is 0 Å². The minimum Gasteiger partial charge on any atom is -0.366 e. The van der Waals surface area contributed by atoms with Gasteiger partial charge in [-0.3, -0.25) is 4.79 Å². The van der Waals surface area contributed by atoms with Gasteiger partial charge >= 0.3 is 0 Å². The van der Waals surface area contributed by atoms with E-state index in [-0.39, 0.29) is 5.91 Å². The molecule has 1 unspecified atom stereocenters. The van der Waals surface area contributed by atoms with Crippen LogP contribution in [-0.2, 0) is 12.8 Å². The Labute approximate surface area is 130 Å². The molecule has 1 atom stereocenters. The third kappa shape index (κ3) is 2.08. The molecule has 2 aliphatic rings. The molecule has 0 aromatic heterocycles. The zero-order valence-corrected chi connectivity index (χ0v) is 12.6. The topological polar surface area (TPSA) is 46.3 Å². The van der Waals surface area contributed by atoms with Crippen LogP contribution in [0, 0.1) is 0 Å². The Morgan fingerprint density at radius 2 is 1.95 bits per heavy atom. The van der Waals surface area contributed by atoms with Crippen molar-refractivity contribution in [3.63, 3.8) is 0 Å². The lowest BCUT2D eigenvalue weighted by Gasteiger charge is -2.35. The average Bonchev–Trinajstić information content (AvgIpc) is 2.97. The third-order valence-corrected chi connectivity index (χ3v) is 5.01. The molecule has 112 valence electrons. The molecule has 1 heterocycles. The van der Waals surface area contributed by atoms with Crippen molar-refractivity contribution in [3.8, 4) is 0 Å². The van der Waals surface area contributed by atoms with Crippen LogP contribution >= 0.6 is 0 Å². The zero-order chi connectivity index (χ0) is 15.1. The highest BCUT2D eigenvalue weighted by Gasteiger charge is 2.30. The van der Waals surface area contributed by atoms with Crippen LogP contribution in [0.4, 0.5) is 5.69 Å². The van der Waals surface area contributed by atoms with E-state index in [1.54, 1.807) is 0 Å². The molecule has 0 spiro atoms. The number of rotatable bonds is 2. The number of carbonyl (C=O) groups excluding carboxylic acids is 1. The van der Waals surface area contributed by atoms with E-state index in [4.69, 9.17) is 5.73 Å². The quantitative estimate of drug-likeness (QED) is 0.923. The highest BCUT2D eigenvalue weighted by atomic mass is 16.1. The van der Waals surface area contributed by atoms with Gasteiger partial charge in [0.1, 0.15) is 0 Å². The first-order chi connectivity index (χ1) is 10.7. The van der Waals surface area contributed by atoms with Gasteiger partial charge in [0.15, 0.2) is 0 Å². The normalized spacial score (nSPS) is 19.6. The van der Waals surface area contributed by atoms with E-state index in [2.05, 4.69) is 35.2 Å². The number of carbonyl (C=O) groups is 1. The van der Waals surface area contributed by atoms with Crippen molar-refractivity contribution in [2.45, 2.75) is 31.7 Å². The van der Waals surface area contributed by atoms with Gasteiger partial charge in [-0.2, -0.15) is 0 Å². The molecule has 3 nitrogen and oxygen atoms in total. The number of benzene rings is 2. The summed E-state index contributed by atoms with van der Waals surface area (Å²) in [5.74, 6) is -0.343. The van der Waals surface area contributed by atoms with E-state index in [1.165, 1.54) is 41.6 Å². The van der Waals surface area contributed by atoms with Crippen molar-refractivity contribution < 1.29 is 4.79 Å². The smallest absolute Gasteiger partial charge is 0.248 e. The lowest BCUT2D eigenvalue weighted by atomic mass is 9.87. The molecule has 0 bridgehead atoms. The summed E-state index contributed by atoms with van der Waals surface area (Å²) in [5.41, 5.74) is 11.5. The highest BCUT2D eigenvalue weighted by Crippen LogP contribution is 2.41. The molecule has 2 aromatic carbocycles. The van der Waals surface area contributed by atoms with Crippen LogP contribution in [0.1, 0.15) is 45.9 Å². The first kappa shape index (κ1) is 13.4. The number of nitrogens with zero attached hydrogens (tertiary/aromatic N) is 1. The fourth-order valence-corrected chi connectivity index (χ4v) is 3.96. The number of amides is 1. The monoisotopic (exact) mass is 292 g/mol.